The Morgan fingerprint density at radius 2 is 1.88 bits per heavy atom. The summed E-state index contributed by atoms with van der Waals surface area (Å²) in [6.07, 6.45) is -2.87. The van der Waals surface area contributed by atoms with E-state index in [2.05, 4.69) is 0 Å². The lowest BCUT2D eigenvalue weighted by Gasteiger charge is -2.09. The molecule has 0 spiro atoms. The number of halogens is 4. The van der Waals surface area contributed by atoms with Gasteiger partial charge in [-0.2, -0.15) is 18.4 Å². The Bertz CT molecular complexity index is 789. The second-order valence-corrected chi connectivity index (χ2v) is 5.30. The van der Waals surface area contributed by atoms with Crippen molar-refractivity contribution in [3.8, 4) is 11.8 Å². The molecule has 124 valence electrons. The van der Waals surface area contributed by atoms with Crippen LogP contribution < -0.4 is 4.74 Å². The van der Waals surface area contributed by atoms with Gasteiger partial charge in [-0.15, -0.1) is 0 Å². The van der Waals surface area contributed by atoms with E-state index < -0.39 is 11.7 Å². The first kappa shape index (κ1) is 17.9. The van der Waals surface area contributed by atoms with Gasteiger partial charge in [0.2, 0.25) is 0 Å². The van der Waals surface area contributed by atoms with Gasteiger partial charge in [-0.3, -0.25) is 0 Å². The molecule has 0 saturated carbocycles. The van der Waals surface area contributed by atoms with Gasteiger partial charge in [-0.1, -0.05) is 23.7 Å². The fraction of sp³-hybridized carbons (Fsp3) is 0.167. The number of nitriles is 1. The molecule has 2 rings (SSSR count). The van der Waals surface area contributed by atoms with Crippen LogP contribution in [0.2, 0.25) is 5.02 Å². The Morgan fingerprint density at radius 1 is 1.21 bits per heavy atom. The molecule has 6 heteroatoms. The summed E-state index contributed by atoms with van der Waals surface area (Å²) in [5.41, 5.74) is 0.418. The average Bonchev–Trinajstić information content (AvgIpc) is 2.54. The summed E-state index contributed by atoms with van der Waals surface area (Å²) in [5, 5.41) is 9.81. The number of benzene rings is 2. The van der Waals surface area contributed by atoms with Gasteiger partial charge < -0.3 is 4.74 Å². The van der Waals surface area contributed by atoms with Crippen LogP contribution >= 0.6 is 11.6 Å². The third kappa shape index (κ3) is 4.30. The molecule has 0 heterocycles. The minimum absolute atomic E-state index is 0.215. The quantitative estimate of drug-likeness (QED) is 0.513. The van der Waals surface area contributed by atoms with E-state index in [1.54, 1.807) is 24.3 Å². The number of rotatable bonds is 4. The van der Waals surface area contributed by atoms with Crippen LogP contribution in [0.25, 0.3) is 11.6 Å². The van der Waals surface area contributed by atoms with E-state index in [1.807, 2.05) is 13.0 Å². The molecule has 0 aliphatic heterocycles. The monoisotopic (exact) mass is 351 g/mol. The standard InChI is InChI=1S/C18H13ClF3NO/c1-2-24-17-8-7-16(19)10-13(17)9-14(11-23)12-3-5-15(6-4-12)18(20,21)22/h3-10H,2H2,1H3/b14-9-. The van der Waals surface area contributed by atoms with Crippen molar-refractivity contribution < 1.29 is 17.9 Å². The fourth-order valence-electron chi connectivity index (χ4n) is 2.09. The maximum Gasteiger partial charge on any atom is 0.416 e. The van der Waals surface area contributed by atoms with E-state index in [4.69, 9.17) is 16.3 Å². The summed E-state index contributed by atoms with van der Waals surface area (Å²) in [7, 11) is 0. The largest absolute Gasteiger partial charge is 0.493 e. The predicted molar refractivity (Wildman–Crippen MR) is 87.5 cm³/mol. The van der Waals surface area contributed by atoms with E-state index in [9.17, 15) is 18.4 Å². The lowest BCUT2D eigenvalue weighted by atomic mass is 10.0. The highest BCUT2D eigenvalue weighted by atomic mass is 35.5. The molecule has 0 fully saturated rings. The molecule has 24 heavy (non-hydrogen) atoms. The van der Waals surface area contributed by atoms with Gasteiger partial charge in [-0.05, 0) is 48.9 Å². The van der Waals surface area contributed by atoms with Gasteiger partial charge in [0.25, 0.3) is 0 Å². The van der Waals surface area contributed by atoms with Crippen LogP contribution in [0, 0.1) is 11.3 Å². The summed E-state index contributed by atoms with van der Waals surface area (Å²) < 4.78 is 43.3. The first-order chi connectivity index (χ1) is 11.3. The molecule has 0 saturated heterocycles. The van der Waals surface area contributed by atoms with E-state index in [-0.39, 0.29) is 5.57 Å². The van der Waals surface area contributed by atoms with Gasteiger partial charge >= 0.3 is 6.18 Å². The lowest BCUT2D eigenvalue weighted by Crippen LogP contribution is -2.04. The van der Waals surface area contributed by atoms with E-state index in [0.717, 1.165) is 12.1 Å². The number of allylic oxidation sites excluding steroid dienone is 1. The molecule has 0 bridgehead atoms. The second-order valence-electron chi connectivity index (χ2n) is 4.86. The number of hydrogen-bond donors (Lipinski definition) is 0. The first-order valence-electron chi connectivity index (χ1n) is 7.07. The molecule has 0 radical (unpaired) electrons. The van der Waals surface area contributed by atoms with Gasteiger partial charge in [0.1, 0.15) is 5.75 Å². The van der Waals surface area contributed by atoms with Crippen LogP contribution in [-0.4, -0.2) is 6.61 Å². The van der Waals surface area contributed by atoms with Crippen molar-refractivity contribution in [2.45, 2.75) is 13.1 Å². The second kappa shape index (κ2) is 7.41. The first-order valence-corrected chi connectivity index (χ1v) is 7.44. The van der Waals surface area contributed by atoms with Gasteiger partial charge in [0.05, 0.1) is 23.8 Å². The van der Waals surface area contributed by atoms with Crippen LogP contribution in [0.15, 0.2) is 42.5 Å². The summed E-state index contributed by atoms with van der Waals surface area (Å²) >= 11 is 5.97. The highest BCUT2D eigenvalue weighted by Crippen LogP contribution is 2.31. The maximum absolute atomic E-state index is 12.6. The zero-order valence-electron chi connectivity index (χ0n) is 12.7. The average molecular weight is 352 g/mol. The van der Waals surface area contributed by atoms with Crippen molar-refractivity contribution >= 4 is 23.3 Å². The molecule has 0 atom stereocenters. The van der Waals surface area contributed by atoms with Crippen LogP contribution in [0.4, 0.5) is 13.2 Å². The summed E-state index contributed by atoms with van der Waals surface area (Å²) in [4.78, 5) is 0. The number of hydrogen-bond acceptors (Lipinski definition) is 2. The van der Waals surface area contributed by atoms with Crippen molar-refractivity contribution in [2.75, 3.05) is 6.61 Å². The molecule has 0 aliphatic rings. The molecule has 2 aromatic rings. The highest BCUT2D eigenvalue weighted by molar-refractivity contribution is 6.30. The third-order valence-corrected chi connectivity index (χ3v) is 3.45. The fourth-order valence-corrected chi connectivity index (χ4v) is 2.27. The molecule has 2 aromatic carbocycles. The normalized spacial score (nSPS) is 11.9. The molecule has 0 unspecified atom stereocenters. The third-order valence-electron chi connectivity index (χ3n) is 3.22. The molecule has 0 N–H and O–H groups in total. The molecule has 0 aliphatic carbocycles. The van der Waals surface area contributed by atoms with Crippen molar-refractivity contribution in [3.63, 3.8) is 0 Å². The van der Waals surface area contributed by atoms with E-state index in [1.165, 1.54) is 12.1 Å². The summed E-state index contributed by atoms with van der Waals surface area (Å²) in [5.74, 6) is 0.543. The molecule has 2 nitrogen and oxygen atoms in total. The highest BCUT2D eigenvalue weighted by Gasteiger charge is 2.30. The number of nitrogens with zero attached hydrogens (tertiary/aromatic N) is 1. The van der Waals surface area contributed by atoms with Gasteiger partial charge in [-0.25, -0.2) is 0 Å². The Morgan fingerprint density at radius 3 is 2.42 bits per heavy atom. The molecule has 0 amide bonds. The predicted octanol–water partition coefficient (Wildman–Crippen LogP) is 5.82. The van der Waals surface area contributed by atoms with Crippen molar-refractivity contribution in [2.24, 2.45) is 0 Å². The van der Waals surface area contributed by atoms with E-state index >= 15 is 0 Å². The SMILES string of the molecule is CCOc1ccc(Cl)cc1/C=C(/C#N)c1ccc(C(F)(F)F)cc1. The Labute approximate surface area is 142 Å². The zero-order chi connectivity index (χ0) is 17.7. The van der Waals surface area contributed by atoms with Crippen molar-refractivity contribution in [1.29, 1.82) is 5.26 Å². The van der Waals surface area contributed by atoms with Crippen LogP contribution in [0.5, 0.6) is 5.75 Å². The van der Waals surface area contributed by atoms with Crippen LogP contribution in [0.1, 0.15) is 23.6 Å². The Balaban J connectivity index is 2.44. The minimum Gasteiger partial charge on any atom is -0.493 e. The van der Waals surface area contributed by atoms with Crippen LogP contribution in [-0.2, 0) is 6.18 Å². The zero-order valence-corrected chi connectivity index (χ0v) is 13.4. The summed E-state index contributed by atoms with van der Waals surface area (Å²) in [6.45, 7) is 2.26. The molecular formula is C18H13ClF3NO. The minimum atomic E-state index is -4.41. The van der Waals surface area contributed by atoms with Crippen molar-refractivity contribution in [1.82, 2.24) is 0 Å². The van der Waals surface area contributed by atoms with E-state index in [0.29, 0.717) is 28.5 Å². The Hall–Kier alpha value is -2.45. The maximum atomic E-state index is 12.6. The van der Waals surface area contributed by atoms with Crippen molar-refractivity contribution in [3.05, 3.63) is 64.2 Å². The molecular weight excluding hydrogens is 339 g/mol. The number of ether oxygens (including phenoxy) is 1. The number of alkyl halides is 3. The topological polar surface area (TPSA) is 33.0 Å². The van der Waals surface area contributed by atoms with Crippen LogP contribution in [0.3, 0.4) is 0 Å². The van der Waals surface area contributed by atoms with Gasteiger partial charge in [0.15, 0.2) is 0 Å². The lowest BCUT2D eigenvalue weighted by molar-refractivity contribution is -0.137. The van der Waals surface area contributed by atoms with Gasteiger partial charge in [0, 0.05) is 10.6 Å². The Kier molecular flexibility index (Phi) is 5.53. The molecule has 0 aromatic heterocycles. The smallest absolute Gasteiger partial charge is 0.416 e. The summed E-state index contributed by atoms with van der Waals surface area (Å²) in [6, 6.07) is 11.4.